The van der Waals surface area contributed by atoms with Crippen LogP contribution in [0.1, 0.15) is 45.4 Å². The van der Waals surface area contributed by atoms with Gasteiger partial charge in [-0.15, -0.1) is 0 Å². The Kier molecular flexibility index (Phi) is 2.98. The number of allylic oxidation sites excluding steroid dienone is 2. The van der Waals surface area contributed by atoms with Crippen molar-refractivity contribution in [2.75, 3.05) is 0 Å². The molecule has 0 amide bonds. The smallest absolute Gasteiger partial charge is 0.116 e. The van der Waals surface area contributed by atoms with Crippen molar-refractivity contribution in [1.82, 2.24) is 5.32 Å². The molecule has 0 aromatic heterocycles. The van der Waals surface area contributed by atoms with Crippen LogP contribution >= 0.6 is 0 Å². The fraction of sp³-hybridized carbons (Fsp3) is 0.692. The molecule has 0 aromatic rings. The predicted octanol–water partition coefficient (Wildman–Crippen LogP) is 2.50. The van der Waals surface area contributed by atoms with Gasteiger partial charge in [0.1, 0.15) is 5.72 Å². The molecule has 2 rings (SSSR count). The minimum atomic E-state index is -0.654. The van der Waals surface area contributed by atoms with E-state index in [-0.39, 0.29) is 5.54 Å². The zero-order valence-corrected chi connectivity index (χ0v) is 9.50. The summed E-state index contributed by atoms with van der Waals surface area (Å²) in [6, 6.07) is 0. The number of aliphatic hydroxyl groups is 1. The summed E-state index contributed by atoms with van der Waals surface area (Å²) in [7, 11) is 0. The molecule has 2 nitrogen and oxygen atoms in total. The zero-order valence-electron chi connectivity index (χ0n) is 9.50. The molecule has 0 spiro atoms. The Morgan fingerprint density at radius 1 is 1.07 bits per heavy atom. The summed E-state index contributed by atoms with van der Waals surface area (Å²) in [5.74, 6) is 0. The third kappa shape index (κ3) is 2.70. The van der Waals surface area contributed by atoms with Gasteiger partial charge in [-0.2, -0.15) is 0 Å². The van der Waals surface area contributed by atoms with E-state index in [1.165, 1.54) is 6.42 Å². The quantitative estimate of drug-likeness (QED) is 0.538. The summed E-state index contributed by atoms with van der Waals surface area (Å²) >= 11 is 0. The van der Waals surface area contributed by atoms with Gasteiger partial charge in [-0.25, -0.2) is 0 Å². The van der Waals surface area contributed by atoms with Crippen molar-refractivity contribution in [2.45, 2.75) is 56.7 Å². The Morgan fingerprint density at radius 2 is 1.67 bits per heavy atom. The molecular weight excluding hydrogens is 186 g/mol. The molecule has 2 aliphatic carbocycles. The van der Waals surface area contributed by atoms with Crippen molar-refractivity contribution in [2.24, 2.45) is 0 Å². The molecular formula is C13H21NO. The number of rotatable bonds is 2. The van der Waals surface area contributed by atoms with Gasteiger partial charge in [0, 0.05) is 0 Å². The third-order valence-corrected chi connectivity index (χ3v) is 3.38. The van der Waals surface area contributed by atoms with E-state index in [4.69, 9.17) is 0 Å². The summed E-state index contributed by atoms with van der Waals surface area (Å²) in [5.41, 5.74) is -0.816. The van der Waals surface area contributed by atoms with Crippen molar-refractivity contribution in [3.63, 3.8) is 0 Å². The van der Waals surface area contributed by atoms with Crippen molar-refractivity contribution in [3.05, 3.63) is 24.3 Å². The average molecular weight is 207 g/mol. The van der Waals surface area contributed by atoms with E-state index in [2.05, 4.69) is 36.5 Å². The van der Waals surface area contributed by atoms with Gasteiger partial charge in [0.2, 0.25) is 0 Å². The van der Waals surface area contributed by atoms with E-state index in [9.17, 15) is 5.11 Å². The van der Waals surface area contributed by atoms with Gasteiger partial charge in [0.05, 0.1) is 5.54 Å². The molecule has 15 heavy (non-hydrogen) atoms. The van der Waals surface area contributed by atoms with Crippen LogP contribution in [-0.2, 0) is 0 Å². The fourth-order valence-corrected chi connectivity index (χ4v) is 2.61. The predicted molar refractivity (Wildman–Crippen MR) is 62.5 cm³/mol. The summed E-state index contributed by atoms with van der Waals surface area (Å²) in [4.78, 5) is 0. The van der Waals surface area contributed by atoms with Crippen molar-refractivity contribution < 1.29 is 5.11 Å². The molecule has 0 aromatic carbocycles. The normalized spacial score (nSPS) is 27.9. The second-order valence-corrected chi connectivity index (χ2v) is 5.04. The molecule has 0 heterocycles. The third-order valence-electron chi connectivity index (χ3n) is 3.38. The van der Waals surface area contributed by atoms with Crippen LogP contribution in [0.15, 0.2) is 24.3 Å². The van der Waals surface area contributed by atoms with E-state index in [0.717, 1.165) is 32.1 Å². The Bertz CT molecular complexity index is 262. The Hall–Kier alpha value is -0.600. The lowest BCUT2D eigenvalue weighted by Crippen LogP contribution is -2.56. The lowest BCUT2D eigenvalue weighted by molar-refractivity contribution is -0.0399. The molecule has 2 N–H and O–H groups in total. The van der Waals surface area contributed by atoms with Crippen LogP contribution in [-0.4, -0.2) is 16.4 Å². The summed E-state index contributed by atoms with van der Waals surface area (Å²) < 4.78 is 0. The fourth-order valence-electron chi connectivity index (χ4n) is 2.61. The van der Waals surface area contributed by atoms with Gasteiger partial charge < -0.3 is 5.11 Å². The molecule has 0 atom stereocenters. The first-order chi connectivity index (χ1) is 7.12. The van der Waals surface area contributed by atoms with Crippen LogP contribution in [0.25, 0.3) is 0 Å². The Balaban J connectivity index is 2.02. The van der Waals surface area contributed by atoms with Crippen LogP contribution in [0, 0.1) is 0 Å². The topological polar surface area (TPSA) is 32.3 Å². The van der Waals surface area contributed by atoms with E-state index >= 15 is 0 Å². The van der Waals surface area contributed by atoms with Crippen LogP contribution in [0.2, 0.25) is 0 Å². The molecule has 1 fully saturated rings. The first-order valence-electron chi connectivity index (χ1n) is 5.99. The molecule has 0 radical (unpaired) electrons. The summed E-state index contributed by atoms with van der Waals surface area (Å²) in [6.07, 6.45) is 14.9. The van der Waals surface area contributed by atoms with E-state index in [0.29, 0.717) is 0 Å². The molecule has 1 saturated carbocycles. The molecule has 84 valence electrons. The first-order valence-corrected chi connectivity index (χ1v) is 5.99. The van der Waals surface area contributed by atoms with Crippen molar-refractivity contribution in [3.8, 4) is 0 Å². The van der Waals surface area contributed by atoms with Crippen molar-refractivity contribution in [1.29, 1.82) is 0 Å². The monoisotopic (exact) mass is 207 g/mol. The summed E-state index contributed by atoms with van der Waals surface area (Å²) in [6.45, 7) is 2.12. The Morgan fingerprint density at radius 3 is 2.27 bits per heavy atom. The minimum Gasteiger partial charge on any atom is -0.376 e. The molecule has 0 unspecified atom stereocenters. The number of nitrogens with one attached hydrogen (secondary N) is 1. The van der Waals surface area contributed by atoms with Crippen LogP contribution in [0.3, 0.4) is 0 Å². The number of hydrogen-bond donors (Lipinski definition) is 2. The first kappa shape index (κ1) is 10.9. The summed E-state index contributed by atoms with van der Waals surface area (Å²) in [5, 5.41) is 13.8. The lowest BCUT2D eigenvalue weighted by Gasteiger charge is -2.40. The minimum absolute atomic E-state index is 0.162. The SMILES string of the molecule is CC1(NC2(O)CCCCC2)C=CCC=C1. The maximum absolute atomic E-state index is 10.4. The van der Waals surface area contributed by atoms with Crippen LogP contribution in [0.5, 0.6) is 0 Å². The molecule has 0 saturated heterocycles. The van der Waals surface area contributed by atoms with Crippen molar-refractivity contribution >= 4 is 0 Å². The highest BCUT2D eigenvalue weighted by molar-refractivity contribution is 5.22. The maximum Gasteiger partial charge on any atom is 0.116 e. The van der Waals surface area contributed by atoms with Gasteiger partial charge in [0.25, 0.3) is 0 Å². The van der Waals surface area contributed by atoms with Gasteiger partial charge >= 0.3 is 0 Å². The Labute approximate surface area is 92.1 Å². The molecule has 0 aliphatic heterocycles. The highest BCUT2D eigenvalue weighted by Gasteiger charge is 2.34. The lowest BCUT2D eigenvalue weighted by atomic mass is 9.87. The van der Waals surface area contributed by atoms with Crippen LogP contribution < -0.4 is 5.32 Å². The van der Waals surface area contributed by atoms with Gasteiger partial charge in [-0.3, -0.25) is 5.32 Å². The largest absolute Gasteiger partial charge is 0.376 e. The molecule has 2 aliphatic rings. The highest BCUT2D eigenvalue weighted by atomic mass is 16.3. The van der Waals surface area contributed by atoms with E-state index in [1.807, 2.05) is 0 Å². The standard InChI is InChI=1S/C13H21NO/c1-12(8-4-2-5-9-12)14-13(15)10-6-3-7-11-13/h4-5,8-9,14-15H,2-3,6-7,10-11H2,1H3. The second kappa shape index (κ2) is 4.11. The number of hydrogen-bond acceptors (Lipinski definition) is 2. The molecule has 2 heteroatoms. The highest BCUT2D eigenvalue weighted by Crippen LogP contribution is 2.29. The van der Waals surface area contributed by atoms with Gasteiger partial charge in [-0.1, -0.05) is 30.7 Å². The van der Waals surface area contributed by atoms with E-state index in [1.54, 1.807) is 0 Å². The van der Waals surface area contributed by atoms with E-state index < -0.39 is 5.72 Å². The second-order valence-electron chi connectivity index (χ2n) is 5.04. The van der Waals surface area contributed by atoms with Gasteiger partial charge in [0.15, 0.2) is 0 Å². The zero-order chi connectivity index (χ0) is 10.8. The average Bonchev–Trinajstić information content (AvgIpc) is 2.18. The van der Waals surface area contributed by atoms with Gasteiger partial charge in [-0.05, 0) is 39.0 Å². The van der Waals surface area contributed by atoms with Crippen LogP contribution in [0.4, 0.5) is 0 Å². The maximum atomic E-state index is 10.4. The molecule has 0 bridgehead atoms.